The van der Waals surface area contributed by atoms with E-state index in [4.69, 9.17) is 5.11 Å². The summed E-state index contributed by atoms with van der Waals surface area (Å²) >= 11 is 0. The molecule has 1 atom stereocenters. The van der Waals surface area contributed by atoms with Crippen LogP contribution in [0.1, 0.15) is 37.8 Å². The minimum Gasteiger partial charge on any atom is -0.396 e. The first kappa shape index (κ1) is 17.0. The summed E-state index contributed by atoms with van der Waals surface area (Å²) in [6, 6.07) is 9.37. The minimum atomic E-state index is -0.271. The van der Waals surface area contributed by atoms with Crippen molar-refractivity contribution in [3.63, 3.8) is 0 Å². The van der Waals surface area contributed by atoms with E-state index < -0.39 is 0 Å². The molecule has 3 N–H and O–H groups in total. The van der Waals surface area contributed by atoms with Gasteiger partial charge < -0.3 is 15.7 Å². The van der Waals surface area contributed by atoms with Gasteiger partial charge in [0.05, 0.1) is 17.9 Å². The Hall–Kier alpha value is -2.34. The van der Waals surface area contributed by atoms with E-state index in [-0.39, 0.29) is 18.7 Å². The number of urea groups is 1. The second-order valence-corrected chi connectivity index (χ2v) is 5.42. The lowest BCUT2D eigenvalue weighted by atomic mass is 10.0. The molecule has 2 rings (SSSR count). The molecule has 0 radical (unpaired) electrons. The highest BCUT2D eigenvalue weighted by atomic mass is 16.3. The van der Waals surface area contributed by atoms with Crippen molar-refractivity contribution in [3.05, 3.63) is 48.3 Å². The maximum atomic E-state index is 12.2. The zero-order chi connectivity index (χ0) is 16.5. The van der Waals surface area contributed by atoms with Gasteiger partial charge in [0.1, 0.15) is 0 Å². The number of nitrogens with zero attached hydrogens (tertiary/aromatic N) is 2. The molecule has 0 fully saturated rings. The van der Waals surface area contributed by atoms with Crippen molar-refractivity contribution in [3.8, 4) is 0 Å². The van der Waals surface area contributed by atoms with Gasteiger partial charge in [0, 0.05) is 19.3 Å². The fraction of sp³-hybridized carbons (Fsp3) is 0.412. The Balaban J connectivity index is 1.96. The van der Waals surface area contributed by atoms with Gasteiger partial charge >= 0.3 is 6.03 Å². The number of aliphatic hydroxyl groups is 1. The number of carbonyl (C=O) groups is 1. The molecule has 6 nitrogen and oxygen atoms in total. The monoisotopic (exact) mass is 316 g/mol. The second-order valence-electron chi connectivity index (χ2n) is 5.42. The lowest BCUT2D eigenvalue weighted by molar-refractivity contribution is 0.244. The molecular weight excluding hydrogens is 292 g/mol. The maximum absolute atomic E-state index is 12.2. The fourth-order valence-corrected chi connectivity index (χ4v) is 2.41. The van der Waals surface area contributed by atoms with Crippen molar-refractivity contribution in [1.29, 1.82) is 0 Å². The highest BCUT2D eigenvalue weighted by molar-refractivity contribution is 5.89. The first-order chi connectivity index (χ1) is 11.2. The van der Waals surface area contributed by atoms with Crippen LogP contribution in [0.4, 0.5) is 10.5 Å². The van der Waals surface area contributed by atoms with Gasteiger partial charge in [0.2, 0.25) is 0 Å². The van der Waals surface area contributed by atoms with Crippen LogP contribution in [0.5, 0.6) is 0 Å². The van der Waals surface area contributed by atoms with Gasteiger partial charge in [-0.15, -0.1) is 0 Å². The van der Waals surface area contributed by atoms with E-state index in [9.17, 15) is 4.79 Å². The summed E-state index contributed by atoms with van der Waals surface area (Å²) in [5.41, 5.74) is 1.70. The smallest absolute Gasteiger partial charge is 0.319 e. The van der Waals surface area contributed by atoms with E-state index in [1.54, 1.807) is 10.9 Å². The molecule has 2 amide bonds. The first-order valence-electron chi connectivity index (χ1n) is 7.98. The van der Waals surface area contributed by atoms with E-state index in [0.717, 1.165) is 18.5 Å². The highest BCUT2D eigenvalue weighted by Gasteiger charge is 2.14. The van der Waals surface area contributed by atoms with Crippen molar-refractivity contribution in [2.24, 2.45) is 0 Å². The van der Waals surface area contributed by atoms with Gasteiger partial charge in [-0.3, -0.25) is 4.68 Å². The number of anilines is 1. The van der Waals surface area contributed by atoms with Crippen LogP contribution >= 0.6 is 0 Å². The predicted octanol–water partition coefficient (Wildman–Crippen LogP) is 2.93. The third-order valence-corrected chi connectivity index (χ3v) is 3.50. The molecule has 0 aliphatic rings. The molecule has 23 heavy (non-hydrogen) atoms. The van der Waals surface area contributed by atoms with Gasteiger partial charge in [-0.2, -0.15) is 5.10 Å². The zero-order valence-corrected chi connectivity index (χ0v) is 13.4. The van der Waals surface area contributed by atoms with Crippen molar-refractivity contribution < 1.29 is 9.90 Å². The summed E-state index contributed by atoms with van der Waals surface area (Å²) in [5.74, 6) is 0. The quantitative estimate of drug-likeness (QED) is 0.700. The van der Waals surface area contributed by atoms with Crippen LogP contribution < -0.4 is 10.6 Å². The van der Waals surface area contributed by atoms with Crippen LogP contribution in [0.25, 0.3) is 0 Å². The maximum Gasteiger partial charge on any atom is 0.319 e. The van der Waals surface area contributed by atoms with E-state index in [1.807, 2.05) is 36.5 Å². The number of nitrogens with one attached hydrogen (secondary N) is 2. The number of amides is 2. The number of rotatable bonds is 8. The molecule has 1 aromatic heterocycles. The van der Waals surface area contributed by atoms with Gasteiger partial charge in [0.25, 0.3) is 0 Å². The molecular formula is C17H24N4O2. The number of aliphatic hydroxyl groups excluding tert-OH is 1. The Labute approximate surface area is 136 Å². The molecule has 1 aromatic carbocycles. The molecule has 0 aliphatic heterocycles. The van der Waals surface area contributed by atoms with Crippen LogP contribution in [0, 0.1) is 0 Å². The average molecular weight is 316 g/mol. The lowest BCUT2D eigenvalue weighted by Gasteiger charge is -2.19. The third kappa shape index (κ3) is 5.41. The summed E-state index contributed by atoms with van der Waals surface area (Å²) in [6.07, 6.45) is 5.76. The largest absolute Gasteiger partial charge is 0.396 e. The number of hydrogen-bond acceptors (Lipinski definition) is 3. The van der Waals surface area contributed by atoms with Crippen molar-refractivity contribution >= 4 is 11.7 Å². The normalized spacial score (nSPS) is 11.9. The molecule has 0 saturated heterocycles. The second kappa shape index (κ2) is 8.95. The Morgan fingerprint density at radius 2 is 2.13 bits per heavy atom. The van der Waals surface area contributed by atoms with Crippen LogP contribution in [0.15, 0.2) is 42.7 Å². The van der Waals surface area contributed by atoms with E-state index in [0.29, 0.717) is 18.5 Å². The summed E-state index contributed by atoms with van der Waals surface area (Å²) in [5, 5.41) is 19.0. The first-order valence-corrected chi connectivity index (χ1v) is 7.98. The van der Waals surface area contributed by atoms with E-state index >= 15 is 0 Å². The predicted molar refractivity (Wildman–Crippen MR) is 90.2 cm³/mol. The topological polar surface area (TPSA) is 79.2 Å². The SMILES string of the molecule is CCCn1cc(NC(=O)NC(CCCO)c2ccccc2)cn1. The van der Waals surface area contributed by atoms with Crippen molar-refractivity contribution in [2.75, 3.05) is 11.9 Å². The minimum absolute atomic E-state index is 0.108. The van der Waals surface area contributed by atoms with Gasteiger partial charge in [0.15, 0.2) is 0 Å². The van der Waals surface area contributed by atoms with Crippen molar-refractivity contribution in [1.82, 2.24) is 15.1 Å². The Kier molecular flexibility index (Phi) is 6.62. The zero-order valence-electron chi connectivity index (χ0n) is 13.4. The molecule has 0 bridgehead atoms. The van der Waals surface area contributed by atoms with Gasteiger partial charge in [-0.25, -0.2) is 4.79 Å². The third-order valence-electron chi connectivity index (χ3n) is 3.50. The molecule has 2 aromatic rings. The summed E-state index contributed by atoms with van der Waals surface area (Å²) < 4.78 is 1.80. The summed E-state index contributed by atoms with van der Waals surface area (Å²) in [4.78, 5) is 12.2. The molecule has 124 valence electrons. The van der Waals surface area contributed by atoms with Gasteiger partial charge in [-0.1, -0.05) is 37.3 Å². The Morgan fingerprint density at radius 1 is 1.35 bits per heavy atom. The highest BCUT2D eigenvalue weighted by Crippen LogP contribution is 2.18. The Morgan fingerprint density at radius 3 is 2.83 bits per heavy atom. The van der Waals surface area contributed by atoms with Crippen LogP contribution in [0.2, 0.25) is 0 Å². The molecule has 6 heteroatoms. The fourth-order valence-electron chi connectivity index (χ4n) is 2.41. The molecule has 1 unspecified atom stereocenters. The van der Waals surface area contributed by atoms with E-state index in [2.05, 4.69) is 22.7 Å². The number of aromatic nitrogens is 2. The van der Waals surface area contributed by atoms with Crippen molar-refractivity contribution in [2.45, 2.75) is 38.8 Å². The molecule has 0 spiro atoms. The van der Waals surface area contributed by atoms with E-state index in [1.165, 1.54) is 0 Å². The standard InChI is InChI=1S/C17H24N4O2/c1-2-10-21-13-15(12-18-21)19-17(23)20-16(9-6-11-22)14-7-4-3-5-8-14/h3-5,7-8,12-13,16,22H,2,6,9-11H2,1H3,(H2,19,20,23). The number of carbonyl (C=O) groups excluding carboxylic acids is 1. The summed E-state index contributed by atoms with van der Waals surface area (Å²) in [7, 11) is 0. The van der Waals surface area contributed by atoms with Crippen LogP contribution in [-0.4, -0.2) is 27.5 Å². The number of benzene rings is 1. The Bertz CT molecular complexity index is 598. The average Bonchev–Trinajstić information content (AvgIpc) is 2.99. The van der Waals surface area contributed by atoms with Crippen LogP contribution in [-0.2, 0) is 6.54 Å². The van der Waals surface area contributed by atoms with Gasteiger partial charge in [-0.05, 0) is 24.8 Å². The molecule has 0 aliphatic carbocycles. The van der Waals surface area contributed by atoms with Crippen LogP contribution in [0.3, 0.4) is 0 Å². The number of aryl methyl sites for hydroxylation is 1. The summed E-state index contributed by atoms with van der Waals surface area (Å²) in [6.45, 7) is 3.01. The molecule has 0 saturated carbocycles. The number of hydrogen-bond donors (Lipinski definition) is 3. The lowest BCUT2D eigenvalue weighted by Crippen LogP contribution is -2.32. The molecule has 1 heterocycles.